The van der Waals surface area contributed by atoms with Crippen LogP contribution in [-0.2, 0) is 6.42 Å². The molecule has 0 bridgehead atoms. The van der Waals surface area contributed by atoms with E-state index in [0.717, 1.165) is 41.2 Å². The van der Waals surface area contributed by atoms with E-state index in [-0.39, 0.29) is 0 Å². The van der Waals surface area contributed by atoms with Gasteiger partial charge >= 0.3 is 0 Å². The third-order valence-electron chi connectivity index (χ3n) is 2.95. The molecule has 3 nitrogen and oxygen atoms in total. The van der Waals surface area contributed by atoms with Crippen molar-refractivity contribution in [3.05, 3.63) is 16.2 Å². The largest absolute Gasteiger partial charge is 0.359 e. The van der Waals surface area contributed by atoms with Crippen molar-refractivity contribution < 1.29 is 0 Å². The molecule has 0 saturated heterocycles. The first kappa shape index (κ1) is 14.9. The minimum atomic E-state index is 0.337. The van der Waals surface area contributed by atoms with E-state index in [1.54, 1.807) is 11.3 Å². The van der Waals surface area contributed by atoms with Crippen molar-refractivity contribution in [2.45, 2.75) is 19.8 Å². The van der Waals surface area contributed by atoms with Crippen molar-refractivity contribution in [3.63, 3.8) is 0 Å². The van der Waals surface area contributed by atoms with Crippen molar-refractivity contribution in [1.29, 1.82) is 0 Å². The fourth-order valence-electron chi connectivity index (χ4n) is 1.95. The van der Waals surface area contributed by atoms with Crippen LogP contribution in [-0.4, -0.2) is 35.6 Å². The number of thioether (sulfide) groups is 1. The van der Waals surface area contributed by atoms with E-state index in [1.165, 1.54) is 4.88 Å². The van der Waals surface area contributed by atoms with E-state index in [9.17, 15) is 0 Å². The molecule has 0 saturated carbocycles. The Morgan fingerprint density at radius 2 is 2.21 bits per heavy atom. The summed E-state index contributed by atoms with van der Waals surface area (Å²) in [5, 5.41) is 1.46. The second-order valence-corrected chi connectivity index (χ2v) is 6.81. The number of halogens is 1. The maximum atomic E-state index is 6.04. The molecule has 104 valence electrons. The highest BCUT2D eigenvalue weighted by molar-refractivity contribution is 7.98. The van der Waals surface area contributed by atoms with Crippen LogP contribution in [0, 0.1) is 0 Å². The SMILES string of the molecule is CCc1cc2c(N(C)CCCSC)nc(Cl)nc2s1. The summed E-state index contributed by atoms with van der Waals surface area (Å²) in [6.07, 6.45) is 4.30. The molecule has 0 N–H and O–H groups in total. The Morgan fingerprint density at radius 3 is 2.89 bits per heavy atom. The third kappa shape index (κ3) is 3.52. The smallest absolute Gasteiger partial charge is 0.225 e. The average molecular weight is 316 g/mol. The first-order chi connectivity index (χ1) is 9.15. The van der Waals surface area contributed by atoms with Gasteiger partial charge in [-0.1, -0.05) is 6.92 Å². The molecule has 2 aromatic rings. The molecule has 0 fully saturated rings. The van der Waals surface area contributed by atoms with Crippen LogP contribution in [0.4, 0.5) is 5.82 Å². The minimum absolute atomic E-state index is 0.337. The maximum Gasteiger partial charge on any atom is 0.225 e. The summed E-state index contributed by atoms with van der Waals surface area (Å²) in [5.41, 5.74) is 0. The Bertz CT molecular complexity index is 556. The molecule has 0 radical (unpaired) electrons. The van der Waals surface area contributed by atoms with Gasteiger partial charge in [0.25, 0.3) is 0 Å². The Hall–Kier alpha value is -0.520. The second-order valence-electron chi connectivity index (χ2n) is 4.37. The molecule has 0 aliphatic rings. The lowest BCUT2D eigenvalue weighted by Gasteiger charge is -2.18. The first-order valence-corrected chi connectivity index (χ1v) is 8.90. The Kier molecular flexibility index (Phi) is 5.30. The summed E-state index contributed by atoms with van der Waals surface area (Å²) in [5.74, 6) is 2.11. The zero-order valence-electron chi connectivity index (χ0n) is 11.4. The normalized spacial score (nSPS) is 11.2. The molecule has 0 aliphatic carbocycles. The van der Waals surface area contributed by atoms with E-state index in [4.69, 9.17) is 11.6 Å². The zero-order chi connectivity index (χ0) is 13.8. The number of anilines is 1. The van der Waals surface area contributed by atoms with E-state index in [0.29, 0.717) is 5.28 Å². The Morgan fingerprint density at radius 1 is 1.42 bits per heavy atom. The molecule has 2 heterocycles. The fraction of sp³-hybridized carbons (Fsp3) is 0.538. The van der Waals surface area contributed by atoms with Gasteiger partial charge < -0.3 is 4.90 Å². The number of aryl methyl sites for hydroxylation is 1. The summed E-state index contributed by atoms with van der Waals surface area (Å²) in [7, 11) is 2.07. The van der Waals surface area contributed by atoms with Crippen LogP contribution in [0.15, 0.2) is 6.07 Å². The van der Waals surface area contributed by atoms with Crippen LogP contribution in [0.5, 0.6) is 0 Å². The van der Waals surface area contributed by atoms with E-state index < -0.39 is 0 Å². The highest BCUT2D eigenvalue weighted by Gasteiger charge is 2.13. The van der Waals surface area contributed by atoms with E-state index >= 15 is 0 Å². The first-order valence-electron chi connectivity index (χ1n) is 6.31. The standard InChI is InChI=1S/C13H18ClN3S2/c1-4-9-8-10-11(17(2)6-5-7-18-3)15-13(14)16-12(10)19-9/h8H,4-7H2,1-3H3. The van der Waals surface area contributed by atoms with E-state index in [1.807, 2.05) is 11.8 Å². The number of aromatic nitrogens is 2. The van der Waals surface area contributed by atoms with Gasteiger partial charge in [-0.2, -0.15) is 16.7 Å². The van der Waals surface area contributed by atoms with Gasteiger partial charge in [-0.05, 0) is 42.5 Å². The zero-order valence-corrected chi connectivity index (χ0v) is 13.8. The predicted octanol–water partition coefficient (Wildman–Crippen LogP) is 4.10. The maximum absolute atomic E-state index is 6.04. The lowest BCUT2D eigenvalue weighted by Crippen LogP contribution is -2.20. The topological polar surface area (TPSA) is 29.0 Å². The van der Waals surface area contributed by atoms with Gasteiger partial charge in [0, 0.05) is 18.5 Å². The van der Waals surface area contributed by atoms with Crippen LogP contribution in [0.2, 0.25) is 5.28 Å². The van der Waals surface area contributed by atoms with Crippen molar-refractivity contribution in [3.8, 4) is 0 Å². The van der Waals surface area contributed by atoms with Gasteiger partial charge in [0.2, 0.25) is 5.28 Å². The molecule has 6 heteroatoms. The van der Waals surface area contributed by atoms with Crippen molar-refractivity contribution in [2.75, 3.05) is 30.5 Å². The van der Waals surface area contributed by atoms with Gasteiger partial charge in [0.15, 0.2) is 0 Å². The molecular formula is C13H18ClN3S2. The third-order valence-corrected chi connectivity index (χ3v) is 4.99. The van der Waals surface area contributed by atoms with Gasteiger partial charge in [-0.15, -0.1) is 11.3 Å². The van der Waals surface area contributed by atoms with Crippen molar-refractivity contribution in [2.24, 2.45) is 0 Å². The number of hydrogen-bond acceptors (Lipinski definition) is 5. The van der Waals surface area contributed by atoms with Gasteiger partial charge in [-0.25, -0.2) is 4.98 Å². The average Bonchev–Trinajstić information content (AvgIpc) is 2.80. The molecule has 2 aromatic heterocycles. The van der Waals surface area contributed by atoms with Crippen LogP contribution in [0.3, 0.4) is 0 Å². The molecular weight excluding hydrogens is 298 g/mol. The number of fused-ring (bicyclic) bond motifs is 1. The van der Waals surface area contributed by atoms with Crippen LogP contribution in [0.1, 0.15) is 18.2 Å². The van der Waals surface area contributed by atoms with Crippen LogP contribution in [0.25, 0.3) is 10.2 Å². The highest BCUT2D eigenvalue weighted by Crippen LogP contribution is 2.31. The molecule has 0 aromatic carbocycles. The van der Waals surface area contributed by atoms with Crippen LogP contribution >= 0.6 is 34.7 Å². The Balaban J connectivity index is 2.32. The summed E-state index contributed by atoms with van der Waals surface area (Å²) in [6, 6.07) is 2.19. The fourth-order valence-corrected chi connectivity index (χ4v) is 3.54. The lowest BCUT2D eigenvalue weighted by atomic mass is 10.3. The summed E-state index contributed by atoms with van der Waals surface area (Å²) < 4.78 is 0. The molecule has 0 spiro atoms. The molecule has 2 rings (SSSR count). The number of hydrogen-bond donors (Lipinski definition) is 0. The summed E-state index contributed by atoms with van der Waals surface area (Å²) >= 11 is 9.61. The number of thiophene rings is 1. The van der Waals surface area contributed by atoms with Gasteiger partial charge in [0.05, 0.1) is 5.39 Å². The lowest BCUT2D eigenvalue weighted by molar-refractivity contribution is 0.847. The van der Waals surface area contributed by atoms with E-state index in [2.05, 4.69) is 41.2 Å². The monoisotopic (exact) mass is 315 g/mol. The van der Waals surface area contributed by atoms with Crippen molar-refractivity contribution in [1.82, 2.24) is 9.97 Å². The van der Waals surface area contributed by atoms with Gasteiger partial charge in [-0.3, -0.25) is 0 Å². The quantitative estimate of drug-likeness (QED) is 0.593. The molecule has 0 atom stereocenters. The minimum Gasteiger partial charge on any atom is -0.359 e. The number of nitrogens with zero attached hydrogens (tertiary/aromatic N) is 3. The summed E-state index contributed by atoms with van der Waals surface area (Å²) in [4.78, 5) is 13.2. The molecule has 0 aliphatic heterocycles. The van der Waals surface area contributed by atoms with Crippen LogP contribution < -0.4 is 4.90 Å². The van der Waals surface area contributed by atoms with Crippen molar-refractivity contribution >= 4 is 50.7 Å². The molecule has 0 unspecified atom stereocenters. The number of rotatable bonds is 6. The predicted molar refractivity (Wildman–Crippen MR) is 88.1 cm³/mol. The second kappa shape index (κ2) is 6.77. The molecule has 0 amide bonds. The Labute approximate surface area is 127 Å². The highest BCUT2D eigenvalue weighted by atomic mass is 35.5. The summed E-state index contributed by atoms with van der Waals surface area (Å²) in [6.45, 7) is 3.14. The molecule has 19 heavy (non-hydrogen) atoms. The van der Waals surface area contributed by atoms with Gasteiger partial charge in [0.1, 0.15) is 10.6 Å².